The number of nitrogens with zero attached hydrogens (tertiary/aromatic N) is 2. The Morgan fingerprint density at radius 3 is 1.23 bits per heavy atom. The zero-order valence-electron chi connectivity index (χ0n) is 40.6. The Balaban J connectivity index is 2.10. The molecule has 0 aromatic carbocycles. The van der Waals surface area contributed by atoms with Crippen LogP contribution in [0.15, 0.2) is 48.6 Å². The summed E-state index contributed by atoms with van der Waals surface area (Å²) in [6.45, 7) is 12.5. The van der Waals surface area contributed by atoms with Gasteiger partial charge < -0.3 is 19.3 Å². The lowest BCUT2D eigenvalue weighted by atomic mass is 10.1. The predicted molar refractivity (Wildman–Crippen MR) is 264 cm³/mol. The summed E-state index contributed by atoms with van der Waals surface area (Å²) in [6.07, 6.45) is 59.2. The van der Waals surface area contributed by atoms with Crippen molar-refractivity contribution in [1.82, 2.24) is 9.80 Å². The number of hydrogen-bond donors (Lipinski definition) is 0. The fourth-order valence-corrected chi connectivity index (χ4v) is 8.10. The summed E-state index contributed by atoms with van der Waals surface area (Å²) in [5, 5.41) is 0. The number of ether oxygens (including phenoxy) is 2. The highest BCUT2D eigenvalue weighted by Gasteiger charge is 2.12. The average molecular weight is 853 g/mol. The van der Waals surface area contributed by atoms with Gasteiger partial charge in [0, 0.05) is 12.8 Å². The number of piperidine rings is 1. The lowest BCUT2D eigenvalue weighted by molar-refractivity contribution is -0.144. The van der Waals surface area contributed by atoms with E-state index in [-0.39, 0.29) is 11.9 Å². The van der Waals surface area contributed by atoms with E-state index in [0.29, 0.717) is 26.1 Å². The molecule has 0 aromatic heterocycles. The van der Waals surface area contributed by atoms with E-state index in [1.54, 1.807) is 0 Å². The molecule has 0 unspecified atom stereocenters. The molecule has 354 valence electrons. The number of carbonyl (C=O) groups excluding carboxylic acids is 2. The first-order chi connectivity index (χ1) is 30.2. The van der Waals surface area contributed by atoms with Crippen molar-refractivity contribution in [2.75, 3.05) is 52.5 Å². The molecule has 1 heterocycles. The van der Waals surface area contributed by atoms with Crippen LogP contribution in [0.5, 0.6) is 0 Å². The molecule has 0 saturated carbocycles. The molecule has 0 spiro atoms. The van der Waals surface area contributed by atoms with Crippen LogP contribution in [0.1, 0.15) is 239 Å². The van der Waals surface area contributed by atoms with Crippen LogP contribution in [0.2, 0.25) is 0 Å². The summed E-state index contributed by atoms with van der Waals surface area (Å²) in [5.74, 6) is -0.0748. The minimum atomic E-state index is -0.0374. The molecule has 1 rings (SSSR count). The van der Waals surface area contributed by atoms with Crippen LogP contribution in [0.3, 0.4) is 0 Å². The van der Waals surface area contributed by atoms with Crippen LogP contribution >= 0.6 is 0 Å². The van der Waals surface area contributed by atoms with Crippen LogP contribution in [-0.2, 0) is 19.1 Å². The first-order valence-electron chi connectivity index (χ1n) is 26.5. The van der Waals surface area contributed by atoms with Crippen molar-refractivity contribution in [2.24, 2.45) is 0 Å². The molecular formula is C55H100N2O4. The summed E-state index contributed by atoms with van der Waals surface area (Å²) in [4.78, 5) is 30.0. The molecule has 0 aliphatic carbocycles. The predicted octanol–water partition coefficient (Wildman–Crippen LogP) is 15.6. The van der Waals surface area contributed by atoms with Gasteiger partial charge in [-0.2, -0.15) is 0 Å². The first-order valence-corrected chi connectivity index (χ1v) is 26.5. The van der Waals surface area contributed by atoms with Gasteiger partial charge in [0.1, 0.15) is 0 Å². The molecule has 1 aliphatic rings. The number of unbranched alkanes of at least 4 members (excludes halogenated alkanes) is 21. The zero-order chi connectivity index (χ0) is 43.8. The summed E-state index contributed by atoms with van der Waals surface area (Å²) < 4.78 is 11.2. The Bertz CT molecular complexity index is 992. The largest absolute Gasteiger partial charge is 0.466 e. The lowest BCUT2D eigenvalue weighted by Gasteiger charge is -2.27. The van der Waals surface area contributed by atoms with Crippen LogP contribution in [0.4, 0.5) is 0 Å². The molecule has 0 atom stereocenters. The SMILES string of the molecule is CCCCC/C=C\C/C=C\CCCCCCCCOC(=O)CCCCN(CCCCC(=O)OCCCCCCCC/C=C\C/C=C\CCCCC)CCCCN1CCCCC1. The van der Waals surface area contributed by atoms with E-state index in [1.165, 1.54) is 167 Å². The molecule has 0 N–H and O–H groups in total. The number of hydrogen-bond acceptors (Lipinski definition) is 6. The summed E-state index contributed by atoms with van der Waals surface area (Å²) >= 11 is 0. The Hall–Kier alpha value is -2.18. The number of carbonyl (C=O) groups is 2. The minimum absolute atomic E-state index is 0.0374. The van der Waals surface area contributed by atoms with Crippen molar-refractivity contribution in [3.8, 4) is 0 Å². The highest BCUT2D eigenvalue weighted by Crippen LogP contribution is 2.13. The molecule has 6 nitrogen and oxygen atoms in total. The maximum absolute atomic E-state index is 12.4. The fourth-order valence-electron chi connectivity index (χ4n) is 8.10. The van der Waals surface area contributed by atoms with E-state index in [9.17, 15) is 9.59 Å². The van der Waals surface area contributed by atoms with Crippen LogP contribution < -0.4 is 0 Å². The number of rotatable bonds is 45. The number of esters is 2. The topological polar surface area (TPSA) is 59.1 Å². The van der Waals surface area contributed by atoms with Crippen molar-refractivity contribution >= 4 is 11.9 Å². The van der Waals surface area contributed by atoms with Gasteiger partial charge in [0.15, 0.2) is 0 Å². The minimum Gasteiger partial charge on any atom is -0.466 e. The molecule has 1 fully saturated rings. The van der Waals surface area contributed by atoms with Gasteiger partial charge in [0.2, 0.25) is 0 Å². The van der Waals surface area contributed by atoms with E-state index in [0.717, 1.165) is 83.8 Å². The standard InChI is InChI=1S/C55H100N2O4/c1-3-5-7-9-11-13-15-17-19-21-23-25-27-29-31-42-52-60-54(58)44-34-38-48-57(51-41-40-50-56-46-36-33-37-47-56)49-39-35-45-55(59)61-53-43-32-30-28-26-24-22-20-18-16-14-12-10-8-6-4-2/h11-14,17-20H,3-10,15-16,21-53H2,1-2H3/b13-11-,14-12-,19-17-,20-18-. The van der Waals surface area contributed by atoms with Gasteiger partial charge in [-0.25, -0.2) is 0 Å². The lowest BCUT2D eigenvalue weighted by Crippen LogP contribution is -2.32. The van der Waals surface area contributed by atoms with Gasteiger partial charge >= 0.3 is 11.9 Å². The molecular weight excluding hydrogens is 753 g/mol. The van der Waals surface area contributed by atoms with E-state index >= 15 is 0 Å². The maximum atomic E-state index is 12.4. The van der Waals surface area contributed by atoms with E-state index < -0.39 is 0 Å². The Labute approximate surface area is 379 Å². The van der Waals surface area contributed by atoms with Crippen molar-refractivity contribution in [2.45, 2.75) is 239 Å². The molecule has 0 aromatic rings. The van der Waals surface area contributed by atoms with Crippen LogP contribution in [-0.4, -0.2) is 74.2 Å². The first kappa shape index (κ1) is 56.8. The molecule has 1 aliphatic heterocycles. The third kappa shape index (κ3) is 42.9. The van der Waals surface area contributed by atoms with Crippen LogP contribution in [0, 0.1) is 0 Å². The zero-order valence-corrected chi connectivity index (χ0v) is 40.6. The summed E-state index contributed by atoms with van der Waals surface area (Å²) in [7, 11) is 0. The summed E-state index contributed by atoms with van der Waals surface area (Å²) in [6, 6.07) is 0. The van der Waals surface area contributed by atoms with Crippen LogP contribution in [0.25, 0.3) is 0 Å². The number of likely N-dealkylation sites (tertiary alicyclic amines) is 1. The normalized spacial score (nSPS) is 13.9. The monoisotopic (exact) mass is 853 g/mol. The molecule has 61 heavy (non-hydrogen) atoms. The van der Waals surface area contributed by atoms with Crippen molar-refractivity contribution < 1.29 is 19.1 Å². The van der Waals surface area contributed by atoms with E-state index in [4.69, 9.17) is 9.47 Å². The number of allylic oxidation sites excluding steroid dienone is 8. The third-order valence-electron chi connectivity index (χ3n) is 12.1. The fraction of sp³-hybridized carbons (Fsp3) is 0.818. The van der Waals surface area contributed by atoms with Crippen molar-refractivity contribution in [3.05, 3.63) is 48.6 Å². The quantitative estimate of drug-likeness (QED) is 0.0346. The third-order valence-corrected chi connectivity index (χ3v) is 12.1. The molecule has 0 amide bonds. The van der Waals surface area contributed by atoms with Gasteiger partial charge in [0.05, 0.1) is 13.2 Å². The van der Waals surface area contributed by atoms with Gasteiger partial charge in [-0.3, -0.25) is 9.59 Å². The second kappa shape index (κ2) is 47.3. The second-order valence-corrected chi connectivity index (χ2v) is 18.0. The molecule has 0 bridgehead atoms. The Kier molecular flexibility index (Phi) is 44.1. The van der Waals surface area contributed by atoms with Crippen molar-refractivity contribution in [3.63, 3.8) is 0 Å². The smallest absolute Gasteiger partial charge is 0.305 e. The highest BCUT2D eigenvalue weighted by molar-refractivity contribution is 5.69. The van der Waals surface area contributed by atoms with Gasteiger partial charge in [-0.1, -0.05) is 146 Å². The molecule has 0 radical (unpaired) electrons. The Morgan fingerprint density at radius 1 is 0.426 bits per heavy atom. The van der Waals surface area contributed by atoms with E-state index in [2.05, 4.69) is 72.3 Å². The van der Waals surface area contributed by atoms with Crippen molar-refractivity contribution in [1.29, 1.82) is 0 Å². The summed E-state index contributed by atoms with van der Waals surface area (Å²) in [5.41, 5.74) is 0. The molecule has 6 heteroatoms. The average Bonchev–Trinajstić information content (AvgIpc) is 3.27. The van der Waals surface area contributed by atoms with Gasteiger partial charge in [0.25, 0.3) is 0 Å². The van der Waals surface area contributed by atoms with Gasteiger partial charge in [-0.15, -0.1) is 0 Å². The van der Waals surface area contributed by atoms with Gasteiger partial charge in [-0.05, 0) is 168 Å². The second-order valence-electron chi connectivity index (χ2n) is 18.0. The van der Waals surface area contributed by atoms with E-state index in [1.807, 2.05) is 0 Å². The molecule has 1 saturated heterocycles. The maximum Gasteiger partial charge on any atom is 0.305 e. The highest BCUT2D eigenvalue weighted by atomic mass is 16.5. The Morgan fingerprint density at radius 2 is 0.803 bits per heavy atom.